The van der Waals surface area contributed by atoms with E-state index in [1.807, 2.05) is 6.07 Å². The van der Waals surface area contributed by atoms with Gasteiger partial charge in [0, 0.05) is 16.6 Å². The molecule has 0 aliphatic rings. The Balaban J connectivity index is 1.98. The number of aromatic nitrogens is 1. The van der Waals surface area contributed by atoms with E-state index in [0.717, 1.165) is 11.4 Å². The fourth-order valence-electron chi connectivity index (χ4n) is 1.79. The molecule has 0 fully saturated rings. The van der Waals surface area contributed by atoms with Gasteiger partial charge >= 0.3 is 0 Å². The Hall–Kier alpha value is -2.38. The average molecular weight is 251 g/mol. The summed E-state index contributed by atoms with van der Waals surface area (Å²) in [7, 11) is 0. The Morgan fingerprint density at radius 3 is 3.06 bits per heavy atom. The maximum atomic E-state index is 9.02. The average Bonchev–Trinajstić information content (AvgIpc) is 2.87. The summed E-state index contributed by atoms with van der Waals surface area (Å²) in [5.74, 6) is 0. The predicted molar refractivity (Wildman–Crippen MR) is 74.1 cm³/mol. The van der Waals surface area contributed by atoms with Gasteiger partial charge in [-0.25, -0.2) is 0 Å². The second-order valence-corrected chi connectivity index (χ2v) is 4.78. The van der Waals surface area contributed by atoms with Crippen LogP contribution in [0.25, 0.3) is 10.1 Å². The molecule has 18 heavy (non-hydrogen) atoms. The number of nitriles is 1. The highest BCUT2D eigenvalue weighted by molar-refractivity contribution is 7.17. The number of anilines is 2. The van der Waals surface area contributed by atoms with Gasteiger partial charge in [0.1, 0.15) is 6.07 Å². The Morgan fingerprint density at radius 2 is 2.17 bits per heavy atom. The van der Waals surface area contributed by atoms with Gasteiger partial charge in [0.05, 0.1) is 17.4 Å². The molecule has 1 N–H and O–H groups in total. The van der Waals surface area contributed by atoms with Crippen LogP contribution in [-0.2, 0) is 0 Å². The molecule has 0 atom stereocenters. The van der Waals surface area contributed by atoms with Crippen molar-refractivity contribution in [3.05, 3.63) is 53.7 Å². The van der Waals surface area contributed by atoms with Crippen LogP contribution in [0.2, 0.25) is 0 Å². The molecule has 0 amide bonds. The minimum Gasteiger partial charge on any atom is -0.353 e. The SMILES string of the molecule is N#Cc1ccncc1Nc1ccc2sccc2c1. The van der Waals surface area contributed by atoms with Crippen LogP contribution in [0.5, 0.6) is 0 Å². The van der Waals surface area contributed by atoms with Gasteiger partial charge in [-0.2, -0.15) is 5.26 Å². The number of benzene rings is 1. The number of nitrogens with zero attached hydrogens (tertiary/aromatic N) is 2. The highest BCUT2D eigenvalue weighted by Gasteiger charge is 2.03. The third kappa shape index (κ3) is 1.92. The molecule has 0 spiro atoms. The molecular formula is C14H9N3S. The molecular weight excluding hydrogens is 242 g/mol. The van der Waals surface area contributed by atoms with Crippen LogP contribution in [0, 0.1) is 11.3 Å². The van der Waals surface area contributed by atoms with Crippen molar-refractivity contribution < 1.29 is 0 Å². The van der Waals surface area contributed by atoms with Crippen LogP contribution in [-0.4, -0.2) is 4.98 Å². The summed E-state index contributed by atoms with van der Waals surface area (Å²) in [5.41, 5.74) is 2.29. The fourth-order valence-corrected chi connectivity index (χ4v) is 2.56. The molecule has 3 nitrogen and oxygen atoms in total. The van der Waals surface area contributed by atoms with E-state index in [1.165, 1.54) is 10.1 Å². The molecule has 86 valence electrons. The first-order valence-corrected chi connectivity index (χ1v) is 6.33. The number of nitrogens with one attached hydrogen (secondary N) is 1. The lowest BCUT2D eigenvalue weighted by Crippen LogP contribution is -1.93. The zero-order chi connectivity index (χ0) is 12.4. The minimum absolute atomic E-state index is 0.593. The van der Waals surface area contributed by atoms with Crippen molar-refractivity contribution in [2.24, 2.45) is 0 Å². The fraction of sp³-hybridized carbons (Fsp3) is 0. The Morgan fingerprint density at radius 1 is 1.22 bits per heavy atom. The third-order valence-electron chi connectivity index (χ3n) is 2.67. The molecule has 0 bridgehead atoms. The van der Waals surface area contributed by atoms with E-state index in [4.69, 9.17) is 5.26 Å². The minimum atomic E-state index is 0.593. The van der Waals surface area contributed by atoms with E-state index in [2.05, 4.69) is 39.9 Å². The first-order valence-electron chi connectivity index (χ1n) is 5.45. The van der Waals surface area contributed by atoms with Crippen LogP contribution >= 0.6 is 11.3 Å². The highest BCUT2D eigenvalue weighted by atomic mass is 32.1. The number of rotatable bonds is 2. The molecule has 4 heteroatoms. The van der Waals surface area contributed by atoms with Gasteiger partial charge in [-0.05, 0) is 41.1 Å². The lowest BCUT2D eigenvalue weighted by Gasteiger charge is -2.07. The second kappa shape index (κ2) is 4.47. The van der Waals surface area contributed by atoms with Crippen molar-refractivity contribution in [1.82, 2.24) is 4.98 Å². The Labute approximate surface area is 108 Å². The van der Waals surface area contributed by atoms with Crippen molar-refractivity contribution in [2.75, 3.05) is 5.32 Å². The summed E-state index contributed by atoms with van der Waals surface area (Å²) in [4.78, 5) is 4.03. The van der Waals surface area contributed by atoms with Gasteiger partial charge in [-0.3, -0.25) is 4.98 Å². The van der Waals surface area contributed by atoms with Crippen LogP contribution in [0.4, 0.5) is 11.4 Å². The topological polar surface area (TPSA) is 48.7 Å². The van der Waals surface area contributed by atoms with E-state index in [0.29, 0.717) is 5.56 Å². The number of hydrogen-bond donors (Lipinski definition) is 1. The van der Waals surface area contributed by atoms with Gasteiger partial charge in [0.25, 0.3) is 0 Å². The van der Waals surface area contributed by atoms with E-state index in [1.54, 1.807) is 29.8 Å². The van der Waals surface area contributed by atoms with Gasteiger partial charge in [-0.15, -0.1) is 11.3 Å². The van der Waals surface area contributed by atoms with E-state index < -0.39 is 0 Å². The Kier molecular flexibility index (Phi) is 2.67. The molecule has 0 saturated heterocycles. The largest absolute Gasteiger partial charge is 0.353 e. The monoisotopic (exact) mass is 251 g/mol. The summed E-state index contributed by atoms with van der Waals surface area (Å²) in [6.07, 6.45) is 3.28. The summed E-state index contributed by atoms with van der Waals surface area (Å²) in [6, 6.07) is 12.1. The molecule has 1 aromatic carbocycles. The maximum absolute atomic E-state index is 9.02. The normalized spacial score (nSPS) is 10.2. The zero-order valence-electron chi connectivity index (χ0n) is 9.42. The van der Waals surface area contributed by atoms with Gasteiger partial charge < -0.3 is 5.32 Å². The smallest absolute Gasteiger partial charge is 0.101 e. The van der Waals surface area contributed by atoms with Crippen LogP contribution in [0.15, 0.2) is 48.1 Å². The molecule has 3 rings (SSSR count). The molecule has 2 heterocycles. The number of pyridine rings is 1. The van der Waals surface area contributed by atoms with Crippen molar-refractivity contribution in [3.63, 3.8) is 0 Å². The molecule has 2 aromatic heterocycles. The standard InChI is InChI=1S/C14H9N3S/c15-8-11-3-5-16-9-13(11)17-12-1-2-14-10(7-12)4-6-18-14/h1-7,9,17H. The quantitative estimate of drug-likeness (QED) is 0.751. The molecule has 0 aliphatic carbocycles. The summed E-state index contributed by atoms with van der Waals surface area (Å²) in [5, 5.41) is 15.5. The van der Waals surface area contributed by atoms with E-state index in [9.17, 15) is 0 Å². The van der Waals surface area contributed by atoms with Gasteiger partial charge in [-0.1, -0.05) is 0 Å². The molecule has 0 unspecified atom stereocenters. The Bertz CT molecular complexity index is 740. The third-order valence-corrected chi connectivity index (χ3v) is 3.57. The number of thiophene rings is 1. The zero-order valence-corrected chi connectivity index (χ0v) is 10.2. The van der Waals surface area contributed by atoms with Gasteiger partial charge in [0.2, 0.25) is 0 Å². The highest BCUT2D eigenvalue weighted by Crippen LogP contribution is 2.26. The van der Waals surface area contributed by atoms with Crippen LogP contribution in [0.3, 0.4) is 0 Å². The molecule has 3 aromatic rings. The first kappa shape index (κ1) is 10.8. The number of fused-ring (bicyclic) bond motifs is 1. The van der Waals surface area contributed by atoms with E-state index in [-0.39, 0.29) is 0 Å². The van der Waals surface area contributed by atoms with Gasteiger partial charge in [0.15, 0.2) is 0 Å². The predicted octanol–water partition coefficient (Wildman–Crippen LogP) is 3.91. The van der Waals surface area contributed by atoms with Crippen LogP contribution in [0.1, 0.15) is 5.56 Å². The second-order valence-electron chi connectivity index (χ2n) is 3.83. The first-order chi connectivity index (χ1) is 8.86. The van der Waals surface area contributed by atoms with Crippen molar-refractivity contribution >= 4 is 32.8 Å². The van der Waals surface area contributed by atoms with Crippen LogP contribution < -0.4 is 5.32 Å². The van der Waals surface area contributed by atoms with Crippen molar-refractivity contribution in [1.29, 1.82) is 5.26 Å². The van der Waals surface area contributed by atoms with Crippen molar-refractivity contribution in [3.8, 4) is 6.07 Å². The molecule has 0 saturated carbocycles. The number of hydrogen-bond acceptors (Lipinski definition) is 4. The van der Waals surface area contributed by atoms with Crippen molar-refractivity contribution in [2.45, 2.75) is 0 Å². The summed E-state index contributed by atoms with van der Waals surface area (Å²) in [6.45, 7) is 0. The summed E-state index contributed by atoms with van der Waals surface area (Å²) < 4.78 is 1.26. The maximum Gasteiger partial charge on any atom is 0.101 e. The molecule has 0 radical (unpaired) electrons. The summed E-state index contributed by atoms with van der Waals surface area (Å²) >= 11 is 1.72. The lowest BCUT2D eigenvalue weighted by atomic mass is 10.2. The molecule has 0 aliphatic heterocycles. The van der Waals surface area contributed by atoms with E-state index >= 15 is 0 Å². The lowest BCUT2D eigenvalue weighted by molar-refractivity contribution is 1.30.